The van der Waals surface area contributed by atoms with Crippen LogP contribution in [0.2, 0.25) is 0 Å². The van der Waals surface area contributed by atoms with E-state index in [2.05, 4.69) is 9.88 Å². The molecule has 1 aromatic heterocycles. The fraction of sp³-hybridized carbons (Fsp3) is 0.815. The summed E-state index contributed by atoms with van der Waals surface area (Å²) in [6.07, 6.45) is 15.5. The molecule has 1 aromatic rings. The predicted molar refractivity (Wildman–Crippen MR) is 139 cm³/mol. The van der Waals surface area contributed by atoms with Gasteiger partial charge in [0.2, 0.25) is 21.8 Å². The van der Waals surface area contributed by atoms with Gasteiger partial charge in [0.1, 0.15) is 6.26 Å². The third kappa shape index (κ3) is 5.20. The summed E-state index contributed by atoms with van der Waals surface area (Å²) in [5.74, 6) is -0.756. The molecule has 206 valence electrons. The lowest BCUT2D eigenvalue weighted by Gasteiger charge is -2.41. The van der Waals surface area contributed by atoms with Gasteiger partial charge in [0.15, 0.2) is 5.69 Å². The van der Waals surface area contributed by atoms with Crippen molar-refractivity contribution in [1.29, 1.82) is 0 Å². The van der Waals surface area contributed by atoms with E-state index in [9.17, 15) is 18.0 Å². The van der Waals surface area contributed by atoms with Crippen LogP contribution in [0.1, 0.15) is 101 Å². The number of fused-ring (bicyclic) bond motifs is 1. The van der Waals surface area contributed by atoms with Crippen LogP contribution >= 0.6 is 0 Å². The van der Waals surface area contributed by atoms with Gasteiger partial charge in [-0.05, 0) is 38.0 Å². The minimum atomic E-state index is -3.71. The molecule has 10 heteroatoms. The molecule has 0 aromatic carbocycles. The maximum atomic E-state index is 13.6. The van der Waals surface area contributed by atoms with Gasteiger partial charge in [-0.15, -0.1) is 0 Å². The monoisotopic (exact) mass is 534 g/mol. The molecule has 2 aliphatic heterocycles. The summed E-state index contributed by atoms with van der Waals surface area (Å²) >= 11 is 0. The number of carbonyl (C=O) groups is 2. The van der Waals surface area contributed by atoms with Crippen LogP contribution in [0, 0.1) is 11.8 Å². The standard InChI is InChI=1S/C27H42N4O5S/c1-18(2)24-25-22(31(27(24)33)37(3,34)35)14-15-29(25)26(32)21-17-36-23(28-21)16-30(19-10-6-4-7-11-19)20-12-8-5-9-13-20/h17-20,22,24-25H,4-16H2,1-3H3/t22-,24+,25-/m1/s1. The van der Waals surface area contributed by atoms with Crippen molar-refractivity contribution in [2.45, 2.75) is 115 Å². The number of carbonyl (C=O) groups excluding carboxylic acids is 2. The van der Waals surface area contributed by atoms with E-state index in [1.165, 1.54) is 70.5 Å². The van der Waals surface area contributed by atoms with Crippen molar-refractivity contribution in [3.8, 4) is 0 Å². The number of hydrogen-bond donors (Lipinski definition) is 0. The second-order valence-electron chi connectivity index (χ2n) is 11.9. The predicted octanol–water partition coefficient (Wildman–Crippen LogP) is 3.80. The van der Waals surface area contributed by atoms with Gasteiger partial charge in [0.25, 0.3) is 5.91 Å². The number of hydrogen-bond acceptors (Lipinski definition) is 7. The Hall–Kier alpha value is -1.94. The van der Waals surface area contributed by atoms with Gasteiger partial charge in [-0.3, -0.25) is 14.5 Å². The fourth-order valence-corrected chi connectivity index (χ4v) is 8.61. The summed E-state index contributed by atoms with van der Waals surface area (Å²) in [5.41, 5.74) is 0.246. The normalized spacial score (nSPS) is 28.0. The second-order valence-corrected chi connectivity index (χ2v) is 13.8. The third-order valence-corrected chi connectivity index (χ3v) is 10.3. The molecule has 4 aliphatic rings. The molecule has 2 saturated carbocycles. The van der Waals surface area contributed by atoms with Crippen LogP contribution in [0.15, 0.2) is 10.7 Å². The molecular formula is C27H42N4O5S. The first-order valence-electron chi connectivity index (χ1n) is 14.2. The Morgan fingerprint density at radius 2 is 1.65 bits per heavy atom. The Labute approximate surface area is 221 Å². The summed E-state index contributed by atoms with van der Waals surface area (Å²) in [4.78, 5) is 35.6. The highest BCUT2D eigenvalue weighted by Crippen LogP contribution is 2.41. The molecule has 2 aliphatic carbocycles. The zero-order valence-electron chi connectivity index (χ0n) is 22.5. The molecule has 0 spiro atoms. The van der Waals surface area contributed by atoms with Crippen LogP contribution in [0.25, 0.3) is 0 Å². The highest BCUT2D eigenvalue weighted by molar-refractivity contribution is 7.88. The molecule has 5 rings (SSSR count). The maximum Gasteiger partial charge on any atom is 0.276 e. The Bertz CT molecular complexity index is 1070. The zero-order chi connectivity index (χ0) is 26.3. The molecular weight excluding hydrogens is 492 g/mol. The molecule has 2 amide bonds. The van der Waals surface area contributed by atoms with E-state index in [1.807, 2.05) is 13.8 Å². The smallest absolute Gasteiger partial charge is 0.276 e. The third-order valence-electron chi connectivity index (χ3n) is 9.10. The van der Waals surface area contributed by atoms with Crippen molar-refractivity contribution in [1.82, 2.24) is 19.1 Å². The van der Waals surface area contributed by atoms with Crippen LogP contribution in [-0.2, 0) is 21.4 Å². The summed E-state index contributed by atoms with van der Waals surface area (Å²) in [5, 5.41) is 0. The van der Waals surface area contributed by atoms with Gasteiger partial charge in [0, 0.05) is 18.6 Å². The Morgan fingerprint density at radius 3 is 2.19 bits per heavy atom. The van der Waals surface area contributed by atoms with Crippen molar-refractivity contribution in [2.24, 2.45) is 11.8 Å². The topological polar surface area (TPSA) is 104 Å². The van der Waals surface area contributed by atoms with Crippen LogP contribution in [-0.4, -0.2) is 76.3 Å². The number of sulfonamides is 1. The lowest BCUT2D eigenvalue weighted by atomic mass is 9.88. The molecule has 0 N–H and O–H groups in total. The van der Waals surface area contributed by atoms with E-state index in [4.69, 9.17) is 4.42 Å². The van der Waals surface area contributed by atoms with Crippen LogP contribution in [0.4, 0.5) is 0 Å². The number of rotatable bonds is 7. The average molecular weight is 535 g/mol. The van der Waals surface area contributed by atoms with Gasteiger partial charge in [-0.2, -0.15) is 0 Å². The van der Waals surface area contributed by atoms with E-state index in [0.717, 1.165) is 10.6 Å². The van der Waals surface area contributed by atoms with E-state index in [-0.39, 0.29) is 17.5 Å². The van der Waals surface area contributed by atoms with E-state index >= 15 is 0 Å². The molecule has 0 radical (unpaired) electrons. The highest BCUT2D eigenvalue weighted by atomic mass is 32.2. The fourth-order valence-electron chi connectivity index (χ4n) is 7.44. The molecule has 3 heterocycles. The van der Waals surface area contributed by atoms with Crippen molar-refractivity contribution >= 4 is 21.8 Å². The number of oxazole rings is 1. The summed E-state index contributed by atoms with van der Waals surface area (Å²) in [6, 6.07) is 0.0928. The van der Waals surface area contributed by atoms with E-state index in [1.54, 1.807) is 4.90 Å². The summed E-state index contributed by atoms with van der Waals surface area (Å²) in [6.45, 7) is 4.83. The van der Waals surface area contributed by atoms with Crippen LogP contribution in [0.3, 0.4) is 0 Å². The van der Waals surface area contributed by atoms with E-state index < -0.39 is 33.9 Å². The second kappa shape index (κ2) is 10.7. The summed E-state index contributed by atoms with van der Waals surface area (Å²) < 4.78 is 31.8. The Kier molecular flexibility index (Phi) is 7.69. The molecule has 3 atom stereocenters. The van der Waals surface area contributed by atoms with Crippen LogP contribution in [0.5, 0.6) is 0 Å². The highest BCUT2D eigenvalue weighted by Gasteiger charge is 2.58. The average Bonchev–Trinajstić information content (AvgIpc) is 3.57. The molecule has 4 fully saturated rings. The first kappa shape index (κ1) is 26.7. The van der Waals surface area contributed by atoms with Gasteiger partial charge >= 0.3 is 0 Å². The minimum absolute atomic E-state index is 0.0902. The van der Waals surface area contributed by atoms with Gasteiger partial charge < -0.3 is 9.32 Å². The van der Waals surface area contributed by atoms with Crippen LogP contribution < -0.4 is 0 Å². The van der Waals surface area contributed by atoms with Gasteiger partial charge in [-0.25, -0.2) is 17.7 Å². The number of amides is 2. The maximum absolute atomic E-state index is 13.6. The molecule has 2 saturated heterocycles. The minimum Gasteiger partial charge on any atom is -0.447 e. The SMILES string of the molecule is CC(C)[C@@H]1C(=O)N(S(C)(=O)=O)[C@@H]2CCN(C(=O)c3coc(CN(C4CCCCC4)C4CCCCC4)n3)[C@H]21. The lowest BCUT2D eigenvalue weighted by Crippen LogP contribution is -2.45. The number of aromatic nitrogens is 1. The molecule has 0 bridgehead atoms. The largest absolute Gasteiger partial charge is 0.447 e. The van der Waals surface area contributed by atoms with Crippen molar-refractivity contribution in [3.63, 3.8) is 0 Å². The van der Waals surface area contributed by atoms with Crippen molar-refractivity contribution in [3.05, 3.63) is 17.8 Å². The first-order valence-corrected chi connectivity index (χ1v) is 16.1. The van der Waals surface area contributed by atoms with Gasteiger partial charge in [0.05, 0.1) is 30.8 Å². The van der Waals surface area contributed by atoms with Crippen molar-refractivity contribution < 1.29 is 22.4 Å². The number of likely N-dealkylation sites (tertiary alicyclic amines) is 1. The quantitative estimate of drug-likeness (QED) is 0.524. The Balaban J connectivity index is 1.34. The summed E-state index contributed by atoms with van der Waals surface area (Å²) in [7, 11) is -3.71. The first-order chi connectivity index (χ1) is 17.7. The molecule has 0 unspecified atom stereocenters. The lowest BCUT2D eigenvalue weighted by molar-refractivity contribution is -0.129. The Morgan fingerprint density at radius 1 is 1.05 bits per heavy atom. The molecule has 9 nitrogen and oxygen atoms in total. The van der Waals surface area contributed by atoms with E-state index in [0.29, 0.717) is 37.5 Å². The molecule has 37 heavy (non-hydrogen) atoms. The van der Waals surface area contributed by atoms with Gasteiger partial charge in [-0.1, -0.05) is 52.4 Å². The number of nitrogens with zero attached hydrogens (tertiary/aromatic N) is 4. The van der Waals surface area contributed by atoms with Crippen molar-refractivity contribution in [2.75, 3.05) is 12.8 Å². The zero-order valence-corrected chi connectivity index (χ0v) is 23.3.